The van der Waals surface area contributed by atoms with E-state index in [4.69, 9.17) is 0 Å². The Bertz CT molecular complexity index is 1070. The molecule has 4 aromatic rings. The highest BCUT2D eigenvalue weighted by Crippen LogP contribution is 2.46. The highest BCUT2D eigenvalue weighted by molar-refractivity contribution is 7.28. The summed E-state index contributed by atoms with van der Waals surface area (Å²) in [5.74, 6) is 1.62. The van der Waals surface area contributed by atoms with Gasteiger partial charge in [-0.05, 0) is 86.1 Å². The van der Waals surface area contributed by atoms with E-state index in [-0.39, 0.29) is 0 Å². The second-order valence-electron chi connectivity index (χ2n) is 9.40. The monoisotopic (exact) mass is 494 g/mol. The van der Waals surface area contributed by atoms with Gasteiger partial charge in [0.25, 0.3) is 0 Å². The lowest BCUT2D eigenvalue weighted by Gasteiger charge is -2.19. The number of hydrogen-bond donors (Lipinski definition) is 0. The van der Waals surface area contributed by atoms with Crippen LogP contribution in [0, 0.1) is 0 Å². The van der Waals surface area contributed by atoms with Crippen molar-refractivity contribution in [1.82, 2.24) is 0 Å². The summed E-state index contributed by atoms with van der Waals surface area (Å²) in [4.78, 5) is 11.8. The maximum atomic E-state index is 2.40. The van der Waals surface area contributed by atoms with Gasteiger partial charge in [-0.3, -0.25) is 0 Å². The molecule has 2 aliphatic rings. The molecule has 0 N–H and O–H groups in total. The van der Waals surface area contributed by atoms with Crippen molar-refractivity contribution in [2.75, 3.05) is 0 Å². The molecule has 0 radical (unpaired) electrons. The minimum Gasteiger partial charge on any atom is -0.139 e. The third-order valence-corrected chi connectivity index (χ3v) is 12.5. The van der Waals surface area contributed by atoms with Gasteiger partial charge in [-0.1, -0.05) is 38.5 Å². The van der Waals surface area contributed by atoms with Crippen molar-refractivity contribution in [1.29, 1.82) is 0 Å². The van der Waals surface area contributed by atoms with Crippen molar-refractivity contribution >= 4 is 45.3 Å². The van der Waals surface area contributed by atoms with Crippen molar-refractivity contribution in [2.24, 2.45) is 0 Å². The first-order valence-corrected chi connectivity index (χ1v) is 15.5. The summed E-state index contributed by atoms with van der Waals surface area (Å²) in [6.45, 7) is 0. The summed E-state index contributed by atoms with van der Waals surface area (Å²) in [5, 5.41) is 0. The van der Waals surface area contributed by atoms with Crippen molar-refractivity contribution in [2.45, 2.75) is 76.0 Å². The summed E-state index contributed by atoms with van der Waals surface area (Å²) in [5.41, 5.74) is 0. The number of thiophene rings is 4. The van der Waals surface area contributed by atoms with Crippen molar-refractivity contribution in [3.05, 3.63) is 58.3 Å². The fourth-order valence-corrected chi connectivity index (χ4v) is 10.0. The zero-order chi connectivity index (χ0) is 21.3. The van der Waals surface area contributed by atoms with E-state index in [1.54, 1.807) is 9.75 Å². The Hall–Kier alpha value is -1.20. The molecule has 0 unspecified atom stereocenters. The molecule has 0 saturated heterocycles. The molecule has 0 spiro atoms. The topological polar surface area (TPSA) is 0 Å². The van der Waals surface area contributed by atoms with E-state index in [1.807, 2.05) is 45.3 Å². The lowest BCUT2D eigenvalue weighted by molar-refractivity contribution is 0.448. The molecule has 0 aliphatic heterocycles. The molecule has 6 rings (SSSR count). The third kappa shape index (κ3) is 4.44. The first-order chi connectivity index (χ1) is 15.8. The molecular formula is C28H30S4. The second-order valence-corrected chi connectivity index (χ2v) is 13.8. The van der Waals surface area contributed by atoms with Gasteiger partial charge in [0.15, 0.2) is 0 Å². The quantitative estimate of drug-likeness (QED) is 0.259. The molecule has 0 atom stereocenters. The van der Waals surface area contributed by atoms with Gasteiger partial charge in [0, 0.05) is 39.0 Å². The minimum absolute atomic E-state index is 0.811. The minimum atomic E-state index is 0.811. The maximum absolute atomic E-state index is 2.40. The molecule has 0 bridgehead atoms. The van der Waals surface area contributed by atoms with Crippen molar-refractivity contribution in [3.63, 3.8) is 0 Å². The molecule has 0 nitrogen and oxygen atoms in total. The van der Waals surface area contributed by atoms with Crippen molar-refractivity contribution in [3.8, 4) is 29.3 Å². The Morgan fingerprint density at radius 2 is 0.688 bits per heavy atom. The van der Waals surface area contributed by atoms with E-state index in [2.05, 4.69) is 48.5 Å². The van der Waals surface area contributed by atoms with Crippen LogP contribution < -0.4 is 0 Å². The first-order valence-electron chi connectivity index (χ1n) is 12.2. The molecule has 2 fully saturated rings. The summed E-state index contributed by atoms with van der Waals surface area (Å²) in [7, 11) is 0. The van der Waals surface area contributed by atoms with Crippen LogP contribution in [-0.4, -0.2) is 0 Å². The molecule has 2 aliphatic carbocycles. The van der Waals surface area contributed by atoms with E-state index in [0.29, 0.717) is 0 Å². The summed E-state index contributed by atoms with van der Waals surface area (Å²) in [6, 6.07) is 18.9. The highest BCUT2D eigenvalue weighted by atomic mass is 32.1. The van der Waals surface area contributed by atoms with Crippen LogP contribution in [0.4, 0.5) is 0 Å². The molecular weight excluding hydrogens is 465 g/mol. The fraction of sp³-hybridized carbons (Fsp3) is 0.429. The smallest absolute Gasteiger partial charge is 0.0449 e. The zero-order valence-electron chi connectivity index (χ0n) is 18.5. The standard InChI is InChI=1S/C28H30S4/c1-3-7-19(8-4-1)21-11-13-23(29-21)25-15-17-27(31-25)28-18-16-26(32-28)24-14-12-22(30-24)20-9-5-2-6-10-20/h11-20H,1-10H2. The van der Waals surface area contributed by atoms with Crippen molar-refractivity contribution < 1.29 is 0 Å². The number of rotatable bonds is 5. The lowest BCUT2D eigenvalue weighted by atomic mass is 9.88. The first kappa shape index (κ1) is 21.3. The predicted molar refractivity (Wildman–Crippen MR) is 146 cm³/mol. The van der Waals surface area contributed by atoms with Gasteiger partial charge < -0.3 is 0 Å². The summed E-state index contributed by atoms with van der Waals surface area (Å²) in [6.07, 6.45) is 14.1. The Morgan fingerprint density at radius 3 is 1.06 bits per heavy atom. The predicted octanol–water partition coefficient (Wildman–Crippen LogP) is 11.0. The Balaban J connectivity index is 1.18. The average molecular weight is 495 g/mol. The van der Waals surface area contributed by atoms with Gasteiger partial charge in [0.05, 0.1) is 0 Å². The van der Waals surface area contributed by atoms with E-state index >= 15 is 0 Å². The molecule has 4 heterocycles. The Morgan fingerprint density at radius 1 is 0.375 bits per heavy atom. The SMILES string of the molecule is c1cc(-c2ccc(C3CCCCC3)s2)sc1-c1ccc(-c2ccc(C3CCCCC3)s2)s1. The van der Waals surface area contributed by atoms with E-state index < -0.39 is 0 Å². The molecule has 166 valence electrons. The van der Waals surface area contributed by atoms with Gasteiger partial charge in [-0.15, -0.1) is 45.3 Å². The molecule has 0 aromatic carbocycles. The van der Waals surface area contributed by atoms with Crippen LogP contribution in [0.1, 0.15) is 85.8 Å². The highest BCUT2D eigenvalue weighted by Gasteiger charge is 2.20. The van der Waals surface area contributed by atoms with Crippen LogP contribution in [-0.2, 0) is 0 Å². The largest absolute Gasteiger partial charge is 0.139 e. The van der Waals surface area contributed by atoms with Gasteiger partial charge in [0.1, 0.15) is 0 Å². The lowest BCUT2D eigenvalue weighted by Crippen LogP contribution is -2.01. The van der Waals surface area contributed by atoms with Crippen LogP contribution in [0.5, 0.6) is 0 Å². The molecule has 2 saturated carbocycles. The number of hydrogen-bond acceptors (Lipinski definition) is 4. The van der Waals surface area contributed by atoms with Gasteiger partial charge in [0.2, 0.25) is 0 Å². The summed E-state index contributed by atoms with van der Waals surface area (Å²) < 4.78 is 0. The van der Waals surface area contributed by atoms with Crippen LogP contribution in [0.15, 0.2) is 48.5 Å². The third-order valence-electron chi connectivity index (χ3n) is 7.21. The average Bonchev–Trinajstić information content (AvgIpc) is 3.65. The van der Waals surface area contributed by atoms with E-state index in [1.165, 1.54) is 93.5 Å². The Kier molecular flexibility index (Phi) is 6.39. The van der Waals surface area contributed by atoms with Gasteiger partial charge in [-0.25, -0.2) is 0 Å². The van der Waals surface area contributed by atoms with Crippen LogP contribution in [0.25, 0.3) is 29.3 Å². The normalized spacial score (nSPS) is 18.4. The fourth-order valence-electron chi connectivity index (χ4n) is 5.39. The van der Waals surface area contributed by atoms with Gasteiger partial charge >= 0.3 is 0 Å². The molecule has 32 heavy (non-hydrogen) atoms. The maximum Gasteiger partial charge on any atom is 0.0449 e. The van der Waals surface area contributed by atoms with Crippen LogP contribution in [0.3, 0.4) is 0 Å². The van der Waals surface area contributed by atoms with Crippen LogP contribution in [0.2, 0.25) is 0 Å². The van der Waals surface area contributed by atoms with E-state index in [0.717, 1.165) is 11.8 Å². The van der Waals surface area contributed by atoms with E-state index in [9.17, 15) is 0 Å². The molecule has 4 heteroatoms. The Labute approximate surface area is 208 Å². The van der Waals surface area contributed by atoms with Gasteiger partial charge in [-0.2, -0.15) is 0 Å². The summed E-state index contributed by atoms with van der Waals surface area (Å²) >= 11 is 7.99. The second kappa shape index (κ2) is 9.58. The molecule has 4 aromatic heterocycles. The zero-order valence-corrected chi connectivity index (χ0v) is 21.7. The molecule has 0 amide bonds. The van der Waals surface area contributed by atoms with Crippen LogP contribution >= 0.6 is 45.3 Å².